The van der Waals surface area contributed by atoms with Crippen LogP contribution in [0, 0.1) is 0 Å². The van der Waals surface area contributed by atoms with Gasteiger partial charge in [0.25, 0.3) is 0 Å². The van der Waals surface area contributed by atoms with Gasteiger partial charge in [0.05, 0.1) is 19.8 Å². The summed E-state index contributed by atoms with van der Waals surface area (Å²) in [5.41, 5.74) is 0.719. The van der Waals surface area contributed by atoms with Crippen LogP contribution in [0.2, 0.25) is 5.02 Å². The van der Waals surface area contributed by atoms with Gasteiger partial charge in [0.1, 0.15) is 29.7 Å². The first-order valence-electron chi connectivity index (χ1n) is 9.85. The minimum atomic E-state index is -1.71. The second-order valence-corrected chi connectivity index (χ2v) is 8.13. The van der Waals surface area contributed by atoms with Crippen LogP contribution in [0.3, 0.4) is 0 Å². The summed E-state index contributed by atoms with van der Waals surface area (Å²) in [6.45, 7) is 1.78. The van der Waals surface area contributed by atoms with Crippen LogP contribution in [0.15, 0.2) is 42.5 Å². The fourth-order valence-corrected chi connectivity index (χ4v) is 4.28. The highest BCUT2D eigenvalue weighted by atomic mass is 35.5. The Hall–Kier alpha value is -1.71. The van der Waals surface area contributed by atoms with Gasteiger partial charge in [0.2, 0.25) is 5.79 Å². The summed E-state index contributed by atoms with van der Waals surface area (Å²) in [5, 5.41) is 41.7. The molecule has 0 spiro atoms. The highest BCUT2D eigenvalue weighted by Gasteiger charge is 2.67. The largest absolute Gasteiger partial charge is 0.494 e. The van der Waals surface area contributed by atoms with Crippen molar-refractivity contribution in [2.45, 2.75) is 43.0 Å². The van der Waals surface area contributed by atoms with Gasteiger partial charge in [-0.3, -0.25) is 0 Å². The van der Waals surface area contributed by atoms with Crippen LogP contribution in [0.5, 0.6) is 5.75 Å². The summed E-state index contributed by atoms with van der Waals surface area (Å²) in [7, 11) is 0. The van der Waals surface area contributed by atoms with Gasteiger partial charge in [0, 0.05) is 10.6 Å². The van der Waals surface area contributed by atoms with E-state index >= 15 is 0 Å². The zero-order chi connectivity index (χ0) is 21.5. The molecule has 2 saturated heterocycles. The fraction of sp³-hybridized carbons (Fsp3) is 0.455. The third kappa shape index (κ3) is 3.40. The minimum Gasteiger partial charge on any atom is -0.494 e. The number of aliphatic hydroxyl groups excluding tert-OH is 4. The average Bonchev–Trinajstić information content (AvgIpc) is 3.14. The van der Waals surface area contributed by atoms with Crippen LogP contribution < -0.4 is 4.74 Å². The van der Waals surface area contributed by atoms with Crippen LogP contribution in [-0.4, -0.2) is 64.2 Å². The van der Waals surface area contributed by atoms with E-state index in [4.69, 9.17) is 25.8 Å². The predicted octanol–water partition coefficient (Wildman–Crippen LogP) is 1.36. The highest BCUT2D eigenvalue weighted by Crippen LogP contribution is 2.49. The maximum absolute atomic E-state index is 10.7. The van der Waals surface area contributed by atoms with Gasteiger partial charge in [-0.25, -0.2) is 0 Å². The number of benzene rings is 2. The number of ether oxygens (including phenoxy) is 3. The Morgan fingerprint density at radius 2 is 1.83 bits per heavy atom. The molecule has 4 N–H and O–H groups in total. The summed E-state index contributed by atoms with van der Waals surface area (Å²) in [4.78, 5) is 0. The molecule has 1 unspecified atom stereocenters. The van der Waals surface area contributed by atoms with E-state index in [-0.39, 0.29) is 6.61 Å². The maximum Gasteiger partial charge on any atom is 0.225 e. The van der Waals surface area contributed by atoms with Crippen molar-refractivity contribution in [1.29, 1.82) is 0 Å². The molecule has 2 fully saturated rings. The molecular weight excluding hydrogens is 412 g/mol. The third-order valence-corrected chi connectivity index (χ3v) is 6.17. The van der Waals surface area contributed by atoms with E-state index in [0.717, 1.165) is 16.9 Å². The Bertz CT molecular complexity index is 905. The number of fused-ring (bicyclic) bond motifs is 2. The van der Waals surface area contributed by atoms with Gasteiger partial charge >= 0.3 is 0 Å². The number of rotatable bonds is 6. The molecular formula is C22H25ClO7. The first-order chi connectivity index (χ1) is 14.3. The molecule has 0 aromatic heterocycles. The average molecular weight is 437 g/mol. The zero-order valence-electron chi connectivity index (χ0n) is 16.5. The van der Waals surface area contributed by atoms with Crippen molar-refractivity contribution in [3.8, 4) is 5.75 Å². The molecule has 2 bridgehead atoms. The molecule has 2 aromatic carbocycles. The molecule has 4 rings (SSSR count). The molecule has 2 aromatic rings. The Morgan fingerprint density at radius 1 is 1.10 bits per heavy atom. The molecule has 2 aliphatic rings. The lowest BCUT2D eigenvalue weighted by Crippen LogP contribution is -2.65. The Kier molecular flexibility index (Phi) is 5.80. The van der Waals surface area contributed by atoms with E-state index in [2.05, 4.69) is 0 Å². The van der Waals surface area contributed by atoms with Crippen molar-refractivity contribution in [3.63, 3.8) is 0 Å². The molecule has 8 heteroatoms. The van der Waals surface area contributed by atoms with E-state index in [9.17, 15) is 20.4 Å². The van der Waals surface area contributed by atoms with Crippen LogP contribution in [0.4, 0.5) is 0 Å². The standard InChI is InChI=1S/C22H25ClO7/c1-2-28-16-6-3-13(4-7-16)9-14-10-15(5-8-17(14)23)22-20(27)18(25)19(26)21(11-24,30-22)12-29-22/h3-8,10,18-20,24-27H,2,9,11-12H2,1H3/t18-,19-,20+,21+,22?/m0/s1. The smallest absolute Gasteiger partial charge is 0.225 e. The van der Waals surface area contributed by atoms with Gasteiger partial charge in [-0.2, -0.15) is 0 Å². The van der Waals surface area contributed by atoms with Gasteiger partial charge in [-0.1, -0.05) is 29.8 Å². The van der Waals surface area contributed by atoms with E-state index in [0.29, 0.717) is 23.6 Å². The molecule has 0 aliphatic carbocycles. The van der Waals surface area contributed by atoms with Gasteiger partial charge in [-0.15, -0.1) is 0 Å². The number of hydrogen-bond acceptors (Lipinski definition) is 7. The molecule has 0 radical (unpaired) electrons. The molecule has 2 heterocycles. The van der Waals surface area contributed by atoms with Crippen LogP contribution >= 0.6 is 11.6 Å². The zero-order valence-corrected chi connectivity index (χ0v) is 17.2. The Labute approximate surface area is 179 Å². The number of aliphatic hydroxyl groups is 4. The van der Waals surface area contributed by atoms with Gasteiger partial charge < -0.3 is 34.6 Å². The van der Waals surface area contributed by atoms with Crippen molar-refractivity contribution in [2.24, 2.45) is 0 Å². The summed E-state index contributed by atoms with van der Waals surface area (Å²) >= 11 is 6.41. The summed E-state index contributed by atoms with van der Waals surface area (Å²) < 4.78 is 17.1. The van der Waals surface area contributed by atoms with Crippen molar-refractivity contribution in [3.05, 3.63) is 64.2 Å². The Morgan fingerprint density at radius 3 is 2.50 bits per heavy atom. The molecule has 2 aliphatic heterocycles. The molecule has 5 atom stereocenters. The topological polar surface area (TPSA) is 109 Å². The maximum atomic E-state index is 10.7. The summed E-state index contributed by atoms with van der Waals surface area (Å²) in [6, 6.07) is 12.7. The first-order valence-corrected chi connectivity index (χ1v) is 10.2. The molecule has 7 nitrogen and oxygen atoms in total. The quantitative estimate of drug-likeness (QED) is 0.541. The lowest BCUT2D eigenvalue weighted by molar-refractivity contribution is -0.329. The SMILES string of the molecule is CCOc1ccc(Cc2cc(C34OC[C@@](CO)(O3)[C@@H](O)[C@H](O)[C@H]4O)ccc2Cl)cc1. The highest BCUT2D eigenvalue weighted by molar-refractivity contribution is 6.31. The third-order valence-electron chi connectivity index (χ3n) is 5.81. The van der Waals surface area contributed by atoms with Crippen LogP contribution in [0.1, 0.15) is 23.6 Å². The lowest BCUT2D eigenvalue weighted by Gasteiger charge is -2.46. The monoisotopic (exact) mass is 436 g/mol. The van der Waals surface area contributed by atoms with E-state index in [1.165, 1.54) is 0 Å². The van der Waals surface area contributed by atoms with E-state index < -0.39 is 36.3 Å². The fourth-order valence-electron chi connectivity index (χ4n) is 4.09. The van der Waals surface area contributed by atoms with Crippen molar-refractivity contribution in [1.82, 2.24) is 0 Å². The second kappa shape index (κ2) is 8.09. The van der Waals surface area contributed by atoms with Crippen molar-refractivity contribution < 1.29 is 34.6 Å². The van der Waals surface area contributed by atoms with E-state index in [1.54, 1.807) is 18.2 Å². The molecule has 0 amide bonds. The molecule has 0 saturated carbocycles. The van der Waals surface area contributed by atoms with Crippen LogP contribution in [0.25, 0.3) is 0 Å². The Balaban J connectivity index is 1.66. The van der Waals surface area contributed by atoms with Gasteiger partial charge in [-0.05, 0) is 48.7 Å². The predicted molar refractivity (Wildman–Crippen MR) is 108 cm³/mol. The number of halogens is 1. The first kappa shape index (κ1) is 21.5. The molecule has 162 valence electrons. The van der Waals surface area contributed by atoms with E-state index in [1.807, 2.05) is 31.2 Å². The number of hydrogen-bond donors (Lipinski definition) is 4. The molecule has 30 heavy (non-hydrogen) atoms. The normalized spacial score (nSPS) is 32.9. The van der Waals surface area contributed by atoms with Crippen molar-refractivity contribution >= 4 is 11.6 Å². The van der Waals surface area contributed by atoms with Crippen LogP contribution in [-0.2, 0) is 21.7 Å². The summed E-state index contributed by atoms with van der Waals surface area (Å²) in [6.07, 6.45) is -4.06. The second-order valence-electron chi connectivity index (χ2n) is 7.72. The lowest BCUT2D eigenvalue weighted by atomic mass is 9.83. The van der Waals surface area contributed by atoms with Gasteiger partial charge in [0.15, 0.2) is 0 Å². The van der Waals surface area contributed by atoms with Crippen molar-refractivity contribution in [2.75, 3.05) is 19.8 Å². The minimum absolute atomic E-state index is 0.171. The summed E-state index contributed by atoms with van der Waals surface area (Å²) in [5.74, 6) is -0.925.